The second-order valence-electron chi connectivity index (χ2n) is 8.10. The molecule has 1 aliphatic rings. The Balaban J connectivity index is 1.41. The molecule has 0 spiro atoms. The lowest BCUT2D eigenvalue weighted by Gasteiger charge is -2.19. The number of carbonyl (C=O) groups is 1. The number of nitrogens with one attached hydrogen (secondary N) is 1. The molecule has 1 amide bonds. The van der Waals surface area contributed by atoms with Gasteiger partial charge in [0, 0.05) is 11.4 Å². The summed E-state index contributed by atoms with van der Waals surface area (Å²) in [6.07, 6.45) is 1.09. The molecule has 3 aromatic carbocycles. The molecule has 172 valence electrons. The Labute approximate surface area is 195 Å². The van der Waals surface area contributed by atoms with Crippen LogP contribution in [-0.4, -0.2) is 25.9 Å². The summed E-state index contributed by atoms with van der Waals surface area (Å²) in [5.41, 5.74) is 1.76. The first-order valence-electron chi connectivity index (χ1n) is 10.9. The molecule has 1 unspecified atom stereocenters. The Morgan fingerprint density at radius 3 is 2.50 bits per heavy atom. The fourth-order valence-corrected chi connectivity index (χ4v) is 4.06. The second kappa shape index (κ2) is 9.31. The number of hydrogen-bond donors (Lipinski definition) is 1. The van der Waals surface area contributed by atoms with E-state index in [0.29, 0.717) is 35.3 Å². The van der Waals surface area contributed by atoms with Crippen LogP contribution in [-0.2, 0) is 12.8 Å². The summed E-state index contributed by atoms with van der Waals surface area (Å²) in [4.78, 5) is 25.7. The summed E-state index contributed by atoms with van der Waals surface area (Å²) in [5, 5.41) is 3.72. The van der Waals surface area contributed by atoms with Gasteiger partial charge in [-0.15, -0.1) is 0 Å². The lowest BCUT2D eigenvalue weighted by Crippen LogP contribution is -2.39. The van der Waals surface area contributed by atoms with E-state index in [1.807, 2.05) is 48.5 Å². The molecule has 5 rings (SSSR count). The molecule has 0 fully saturated rings. The van der Waals surface area contributed by atoms with Gasteiger partial charge in [0.1, 0.15) is 16.9 Å². The third-order valence-electron chi connectivity index (χ3n) is 5.78. The highest BCUT2D eigenvalue weighted by Crippen LogP contribution is 2.33. The number of ether oxygens (including phenoxy) is 3. The topological polar surface area (TPSA) is 87.0 Å². The number of rotatable bonds is 7. The zero-order valence-corrected chi connectivity index (χ0v) is 18.6. The summed E-state index contributed by atoms with van der Waals surface area (Å²) in [7, 11) is 1.62. The minimum absolute atomic E-state index is 0.0240. The first kappa shape index (κ1) is 21.6. The van der Waals surface area contributed by atoms with E-state index < -0.39 is 11.5 Å². The molecule has 0 saturated heterocycles. The molecule has 34 heavy (non-hydrogen) atoms. The number of benzene rings is 3. The molecular formula is C27H23NO6. The van der Waals surface area contributed by atoms with Crippen LogP contribution in [0.2, 0.25) is 0 Å². The van der Waals surface area contributed by atoms with Crippen molar-refractivity contribution >= 4 is 16.9 Å². The molecular weight excluding hydrogens is 434 g/mol. The van der Waals surface area contributed by atoms with E-state index >= 15 is 0 Å². The first-order chi connectivity index (χ1) is 16.6. The number of carbonyl (C=O) groups excluding carboxylic acids is 1. The first-order valence-corrected chi connectivity index (χ1v) is 10.9. The van der Waals surface area contributed by atoms with Crippen LogP contribution >= 0.6 is 0 Å². The Morgan fingerprint density at radius 1 is 0.941 bits per heavy atom. The molecule has 0 saturated carbocycles. The number of amides is 1. The van der Waals surface area contributed by atoms with E-state index in [4.69, 9.17) is 18.6 Å². The van der Waals surface area contributed by atoms with Crippen molar-refractivity contribution in [2.24, 2.45) is 0 Å². The van der Waals surface area contributed by atoms with E-state index in [1.165, 1.54) is 0 Å². The monoisotopic (exact) mass is 457 g/mol. The van der Waals surface area contributed by atoms with Crippen molar-refractivity contribution in [2.75, 3.05) is 13.9 Å². The van der Waals surface area contributed by atoms with Crippen molar-refractivity contribution in [2.45, 2.75) is 18.9 Å². The van der Waals surface area contributed by atoms with Gasteiger partial charge in [-0.1, -0.05) is 36.4 Å². The Morgan fingerprint density at radius 2 is 1.68 bits per heavy atom. The van der Waals surface area contributed by atoms with Gasteiger partial charge in [0.15, 0.2) is 11.5 Å². The quantitative estimate of drug-likeness (QED) is 0.420. The van der Waals surface area contributed by atoms with E-state index in [1.54, 1.807) is 31.4 Å². The molecule has 7 heteroatoms. The molecule has 0 bridgehead atoms. The Kier molecular flexibility index (Phi) is 5.91. The fraction of sp³-hybridized carbons (Fsp3) is 0.185. The summed E-state index contributed by atoms with van der Waals surface area (Å²) < 4.78 is 21.5. The highest BCUT2D eigenvalue weighted by atomic mass is 16.7. The van der Waals surface area contributed by atoms with Crippen LogP contribution in [0.15, 0.2) is 82.0 Å². The number of fused-ring (bicyclic) bond motifs is 2. The highest BCUT2D eigenvalue weighted by Gasteiger charge is 2.21. The van der Waals surface area contributed by atoms with E-state index in [0.717, 1.165) is 16.9 Å². The molecule has 1 atom stereocenters. The SMILES string of the molecule is COc1ccc(CC(Cc2ccc3c(c2)OCO3)NC(=O)c2cc3ccccc3oc2=O)cc1. The smallest absolute Gasteiger partial charge is 0.349 e. The minimum Gasteiger partial charge on any atom is -0.497 e. The van der Waals surface area contributed by atoms with Crippen LogP contribution in [0.3, 0.4) is 0 Å². The van der Waals surface area contributed by atoms with Gasteiger partial charge in [-0.2, -0.15) is 0 Å². The van der Waals surface area contributed by atoms with Crippen LogP contribution in [0.25, 0.3) is 11.0 Å². The molecule has 1 aromatic heterocycles. The molecule has 1 N–H and O–H groups in total. The molecule has 2 heterocycles. The number of hydrogen-bond acceptors (Lipinski definition) is 6. The maximum atomic E-state index is 13.2. The maximum Gasteiger partial charge on any atom is 0.349 e. The van der Waals surface area contributed by atoms with Gasteiger partial charge in [0.05, 0.1) is 7.11 Å². The average Bonchev–Trinajstić information content (AvgIpc) is 3.32. The molecule has 0 radical (unpaired) electrons. The fourth-order valence-electron chi connectivity index (χ4n) is 4.06. The van der Waals surface area contributed by atoms with Gasteiger partial charge in [-0.25, -0.2) is 4.79 Å². The van der Waals surface area contributed by atoms with Crippen molar-refractivity contribution in [3.63, 3.8) is 0 Å². The van der Waals surface area contributed by atoms with Crippen molar-refractivity contribution < 1.29 is 23.4 Å². The van der Waals surface area contributed by atoms with Crippen LogP contribution in [0, 0.1) is 0 Å². The van der Waals surface area contributed by atoms with Crippen molar-refractivity contribution in [3.8, 4) is 17.2 Å². The Bertz CT molecular complexity index is 1390. The standard InChI is InChI=1S/C27H23NO6/c1-31-21-9-6-17(7-10-21)12-20(13-18-8-11-24-25(14-18)33-16-32-24)28-26(29)22-15-19-4-2-3-5-23(19)34-27(22)30/h2-11,14-15,20H,12-13,16H2,1H3,(H,28,29). The predicted molar refractivity (Wildman–Crippen MR) is 127 cm³/mol. The van der Waals surface area contributed by atoms with Crippen LogP contribution < -0.4 is 25.2 Å². The summed E-state index contributed by atoms with van der Waals surface area (Å²) >= 11 is 0. The second-order valence-corrected chi connectivity index (χ2v) is 8.10. The molecule has 4 aromatic rings. The van der Waals surface area contributed by atoms with Crippen molar-refractivity contribution in [1.29, 1.82) is 0 Å². The zero-order chi connectivity index (χ0) is 23.5. The Hall–Kier alpha value is -4.26. The lowest BCUT2D eigenvalue weighted by molar-refractivity contribution is 0.0933. The van der Waals surface area contributed by atoms with E-state index in [2.05, 4.69) is 5.32 Å². The van der Waals surface area contributed by atoms with Crippen molar-refractivity contribution in [3.05, 3.63) is 99.9 Å². The zero-order valence-electron chi connectivity index (χ0n) is 18.6. The predicted octanol–water partition coefficient (Wildman–Crippen LogP) is 4.11. The van der Waals surface area contributed by atoms with Gasteiger partial charge in [0.2, 0.25) is 6.79 Å². The summed E-state index contributed by atoms with van der Waals surface area (Å²) in [6.45, 7) is 0.197. The van der Waals surface area contributed by atoms with E-state index in [-0.39, 0.29) is 18.4 Å². The van der Waals surface area contributed by atoms with Gasteiger partial charge in [-0.05, 0) is 60.4 Å². The van der Waals surface area contributed by atoms with Gasteiger partial charge in [-0.3, -0.25) is 4.79 Å². The minimum atomic E-state index is -0.664. The van der Waals surface area contributed by atoms with Crippen molar-refractivity contribution in [1.82, 2.24) is 5.32 Å². The van der Waals surface area contributed by atoms with Crippen LogP contribution in [0.5, 0.6) is 17.2 Å². The molecule has 0 aliphatic carbocycles. The third kappa shape index (κ3) is 4.59. The lowest BCUT2D eigenvalue weighted by atomic mass is 9.98. The maximum absolute atomic E-state index is 13.2. The molecule has 1 aliphatic heterocycles. The largest absolute Gasteiger partial charge is 0.497 e. The van der Waals surface area contributed by atoms with Crippen LogP contribution in [0.1, 0.15) is 21.5 Å². The average molecular weight is 457 g/mol. The number of methoxy groups -OCH3 is 1. The number of para-hydroxylation sites is 1. The van der Waals surface area contributed by atoms with Gasteiger partial charge in [0.25, 0.3) is 5.91 Å². The summed E-state index contributed by atoms with van der Waals surface area (Å²) in [5.74, 6) is 1.67. The van der Waals surface area contributed by atoms with E-state index in [9.17, 15) is 9.59 Å². The normalized spacial score (nSPS) is 13.0. The van der Waals surface area contributed by atoms with Gasteiger partial charge < -0.3 is 23.9 Å². The summed E-state index contributed by atoms with van der Waals surface area (Å²) in [6, 6.07) is 21.8. The molecule has 7 nitrogen and oxygen atoms in total. The van der Waals surface area contributed by atoms with Gasteiger partial charge >= 0.3 is 5.63 Å². The highest BCUT2D eigenvalue weighted by molar-refractivity contribution is 5.96. The van der Waals surface area contributed by atoms with Crippen LogP contribution in [0.4, 0.5) is 0 Å². The third-order valence-corrected chi connectivity index (χ3v) is 5.78.